The van der Waals surface area contributed by atoms with Gasteiger partial charge < -0.3 is 14.4 Å². The van der Waals surface area contributed by atoms with E-state index >= 15 is 0 Å². The smallest absolute Gasteiger partial charge is 0.333 e. The van der Waals surface area contributed by atoms with Gasteiger partial charge in [0, 0.05) is 25.8 Å². The van der Waals surface area contributed by atoms with Gasteiger partial charge in [-0.3, -0.25) is 9.59 Å². The molecule has 0 bridgehead atoms. The number of hydrogen-bond acceptors (Lipinski definition) is 5. The first kappa shape index (κ1) is 13.6. The normalized spacial score (nSPS) is 28.1. The zero-order valence-electron chi connectivity index (χ0n) is 11.2. The van der Waals surface area contributed by atoms with Gasteiger partial charge in [0.15, 0.2) is 0 Å². The lowest BCUT2D eigenvalue weighted by Gasteiger charge is -2.19. The van der Waals surface area contributed by atoms with E-state index in [0.717, 1.165) is 0 Å². The zero-order chi connectivity index (χ0) is 14.2. The molecule has 6 nitrogen and oxygen atoms in total. The molecule has 2 rings (SSSR count). The summed E-state index contributed by atoms with van der Waals surface area (Å²) in [4.78, 5) is 35.9. The molecular formula is C13H17NO5. The van der Waals surface area contributed by atoms with Crippen LogP contribution in [0, 0.1) is 0 Å². The van der Waals surface area contributed by atoms with Crippen molar-refractivity contribution in [1.29, 1.82) is 0 Å². The maximum atomic E-state index is 11.7. The molecule has 0 radical (unpaired) electrons. The van der Waals surface area contributed by atoms with Crippen molar-refractivity contribution in [3.05, 3.63) is 11.6 Å². The first-order valence-corrected chi connectivity index (χ1v) is 6.29. The van der Waals surface area contributed by atoms with Crippen LogP contribution in [-0.2, 0) is 23.9 Å². The summed E-state index contributed by atoms with van der Waals surface area (Å²) >= 11 is 0. The summed E-state index contributed by atoms with van der Waals surface area (Å²) in [6.07, 6.45) is 1.57. The molecule has 1 fully saturated rings. The molecule has 0 N–H and O–H groups in total. The van der Waals surface area contributed by atoms with Crippen molar-refractivity contribution in [2.75, 3.05) is 6.61 Å². The SMILES string of the molecule is CCOC(=O)C1=C[C@H]2[C@@H]([C@H](OC(C)=O)C1)N2C(C)=O. The highest BCUT2D eigenvalue weighted by molar-refractivity contribution is 5.90. The quantitative estimate of drug-likeness (QED) is 0.547. The lowest BCUT2D eigenvalue weighted by Crippen LogP contribution is -2.30. The molecule has 0 spiro atoms. The van der Waals surface area contributed by atoms with E-state index in [2.05, 4.69) is 0 Å². The average molecular weight is 267 g/mol. The van der Waals surface area contributed by atoms with Crippen LogP contribution in [0.4, 0.5) is 0 Å². The second-order valence-electron chi connectivity index (χ2n) is 4.67. The highest BCUT2D eigenvalue weighted by Crippen LogP contribution is 2.41. The van der Waals surface area contributed by atoms with Crippen molar-refractivity contribution in [3.63, 3.8) is 0 Å². The van der Waals surface area contributed by atoms with Crippen molar-refractivity contribution in [3.8, 4) is 0 Å². The predicted molar refractivity (Wildman–Crippen MR) is 65.0 cm³/mol. The molecule has 1 aliphatic carbocycles. The summed E-state index contributed by atoms with van der Waals surface area (Å²) in [7, 11) is 0. The fraction of sp³-hybridized carbons (Fsp3) is 0.615. The molecule has 0 unspecified atom stereocenters. The van der Waals surface area contributed by atoms with Gasteiger partial charge in [-0.1, -0.05) is 0 Å². The molecule has 0 aromatic heterocycles. The summed E-state index contributed by atoms with van der Waals surface area (Å²) in [6.45, 7) is 4.80. The van der Waals surface area contributed by atoms with Crippen LogP contribution in [0.15, 0.2) is 11.6 Å². The summed E-state index contributed by atoms with van der Waals surface area (Å²) in [5, 5.41) is 0. The van der Waals surface area contributed by atoms with E-state index in [-0.39, 0.29) is 18.0 Å². The minimum absolute atomic E-state index is 0.0893. The number of nitrogens with zero attached hydrogens (tertiary/aromatic N) is 1. The Morgan fingerprint density at radius 3 is 2.58 bits per heavy atom. The molecule has 2 aliphatic rings. The first-order valence-electron chi connectivity index (χ1n) is 6.29. The molecule has 0 aromatic carbocycles. The number of rotatable bonds is 3. The van der Waals surface area contributed by atoms with Crippen LogP contribution >= 0.6 is 0 Å². The maximum absolute atomic E-state index is 11.7. The predicted octanol–water partition coefficient (Wildman–Crippen LogP) is 0.411. The van der Waals surface area contributed by atoms with Crippen LogP contribution in [0.1, 0.15) is 27.2 Å². The van der Waals surface area contributed by atoms with E-state index in [9.17, 15) is 14.4 Å². The second-order valence-corrected chi connectivity index (χ2v) is 4.67. The van der Waals surface area contributed by atoms with Gasteiger partial charge in [0.05, 0.1) is 18.7 Å². The van der Waals surface area contributed by atoms with Gasteiger partial charge in [-0.25, -0.2) is 4.79 Å². The fourth-order valence-corrected chi connectivity index (χ4v) is 2.58. The van der Waals surface area contributed by atoms with E-state index in [1.165, 1.54) is 13.8 Å². The summed E-state index contributed by atoms with van der Waals surface area (Å²) in [6, 6.07) is -0.297. The Bertz CT molecular complexity index is 456. The van der Waals surface area contributed by atoms with E-state index in [1.54, 1.807) is 17.9 Å². The van der Waals surface area contributed by atoms with Gasteiger partial charge in [0.1, 0.15) is 6.10 Å². The molecule has 0 aromatic rings. The minimum atomic E-state index is -0.462. The lowest BCUT2D eigenvalue weighted by atomic mass is 9.97. The number of ether oxygens (including phenoxy) is 2. The standard InChI is InChI=1S/C13H17NO5/c1-4-18-13(17)9-5-10-12(14(10)7(2)15)11(6-9)19-8(3)16/h5,10-12H,4,6H2,1-3H3/t10-,11+,12-,14?/m0/s1. The van der Waals surface area contributed by atoms with Crippen LogP contribution in [-0.4, -0.2) is 47.5 Å². The van der Waals surface area contributed by atoms with Gasteiger partial charge in [-0.2, -0.15) is 0 Å². The highest BCUT2D eigenvalue weighted by Gasteiger charge is 2.57. The summed E-state index contributed by atoms with van der Waals surface area (Å²) in [5.41, 5.74) is 0.470. The zero-order valence-corrected chi connectivity index (χ0v) is 11.2. The Morgan fingerprint density at radius 2 is 2.05 bits per heavy atom. The molecule has 1 aliphatic heterocycles. The third-order valence-electron chi connectivity index (χ3n) is 3.30. The lowest BCUT2D eigenvalue weighted by molar-refractivity contribution is -0.148. The van der Waals surface area contributed by atoms with Gasteiger partial charge in [-0.15, -0.1) is 0 Å². The van der Waals surface area contributed by atoms with Crippen molar-refractivity contribution >= 4 is 17.8 Å². The molecule has 104 valence electrons. The number of amides is 1. The summed E-state index contributed by atoms with van der Waals surface area (Å²) < 4.78 is 10.1. The fourth-order valence-electron chi connectivity index (χ4n) is 2.58. The van der Waals surface area contributed by atoms with E-state index < -0.39 is 18.0 Å². The van der Waals surface area contributed by atoms with Gasteiger partial charge in [-0.05, 0) is 13.0 Å². The Morgan fingerprint density at radius 1 is 1.37 bits per heavy atom. The molecule has 1 saturated heterocycles. The second kappa shape index (κ2) is 5.03. The van der Waals surface area contributed by atoms with Crippen LogP contribution in [0.3, 0.4) is 0 Å². The Labute approximate surface area is 111 Å². The molecular weight excluding hydrogens is 250 g/mol. The topological polar surface area (TPSA) is 72.7 Å². The van der Waals surface area contributed by atoms with Crippen molar-refractivity contribution in [1.82, 2.24) is 4.90 Å². The Balaban J connectivity index is 2.16. The maximum Gasteiger partial charge on any atom is 0.333 e. The minimum Gasteiger partial charge on any atom is -0.463 e. The van der Waals surface area contributed by atoms with Crippen LogP contribution in [0.2, 0.25) is 0 Å². The molecule has 3 atom stereocenters. The number of fused-ring (bicyclic) bond motifs is 1. The van der Waals surface area contributed by atoms with Crippen LogP contribution in [0.25, 0.3) is 0 Å². The molecule has 1 heterocycles. The number of hydrogen-bond donors (Lipinski definition) is 0. The molecule has 1 amide bonds. The number of carbonyl (C=O) groups excluding carboxylic acids is 3. The van der Waals surface area contributed by atoms with Gasteiger partial charge in [0.2, 0.25) is 5.91 Å². The summed E-state index contributed by atoms with van der Waals surface area (Å²) in [5.74, 6) is -0.911. The number of carbonyl (C=O) groups is 3. The molecule has 19 heavy (non-hydrogen) atoms. The monoisotopic (exact) mass is 267 g/mol. The van der Waals surface area contributed by atoms with E-state index in [4.69, 9.17) is 9.47 Å². The van der Waals surface area contributed by atoms with Crippen molar-refractivity contribution < 1.29 is 23.9 Å². The third kappa shape index (κ3) is 2.62. The van der Waals surface area contributed by atoms with Crippen LogP contribution in [0.5, 0.6) is 0 Å². The Kier molecular flexibility index (Phi) is 3.59. The Hall–Kier alpha value is -1.85. The third-order valence-corrected chi connectivity index (χ3v) is 3.30. The van der Waals surface area contributed by atoms with E-state index in [0.29, 0.717) is 18.6 Å². The van der Waals surface area contributed by atoms with Crippen molar-refractivity contribution in [2.24, 2.45) is 0 Å². The molecule has 6 heteroatoms. The number of esters is 2. The van der Waals surface area contributed by atoms with Crippen molar-refractivity contribution in [2.45, 2.75) is 45.4 Å². The first-order chi connectivity index (χ1) is 8.95. The average Bonchev–Trinajstić information content (AvgIpc) is 3.02. The van der Waals surface area contributed by atoms with Gasteiger partial charge >= 0.3 is 11.9 Å². The largest absolute Gasteiger partial charge is 0.463 e. The highest BCUT2D eigenvalue weighted by atomic mass is 16.5. The van der Waals surface area contributed by atoms with E-state index in [1.807, 2.05) is 0 Å². The molecule has 0 saturated carbocycles. The van der Waals surface area contributed by atoms with Crippen LogP contribution < -0.4 is 0 Å². The van der Waals surface area contributed by atoms with Gasteiger partial charge in [0.25, 0.3) is 0 Å².